The number of hydrogen-bond acceptors (Lipinski definition) is 3. The van der Waals surface area contributed by atoms with Gasteiger partial charge in [-0.15, -0.1) is 0 Å². The van der Waals surface area contributed by atoms with Crippen LogP contribution in [0.4, 0.5) is 5.69 Å². The molecule has 8 heteroatoms. The molecule has 1 aromatic rings. The Bertz CT molecular complexity index is 607. The van der Waals surface area contributed by atoms with E-state index < -0.39 is 11.8 Å². The van der Waals surface area contributed by atoms with Gasteiger partial charge in [0.25, 0.3) is 5.91 Å². The van der Waals surface area contributed by atoms with E-state index in [4.69, 9.17) is 40.5 Å². The molecule has 20 heavy (non-hydrogen) atoms. The monoisotopic (exact) mass is 333 g/mol. The van der Waals surface area contributed by atoms with Gasteiger partial charge >= 0.3 is 0 Å². The van der Waals surface area contributed by atoms with Crippen LogP contribution in [-0.2, 0) is 9.59 Å². The molecule has 1 aliphatic rings. The summed E-state index contributed by atoms with van der Waals surface area (Å²) in [5.41, 5.74) is 5.83. The number of hydrazone groups is 1. The number of amides is 2. The van der Waals surface area contributed by atoms with Crippen molar-refractivity contribution in [3.63, 3.8) is 0 Å². The van der Waals surface area contributed by atoms with E-state index in [1.807, 2.05) is 0 Å². The van der Waals surface area contributed by atoms with Crippen molar-refractivity contribution in [1.29, 1.82) is 0 Å². The maximum atomic E-state index is 12.0. The van der Waals surface area contributed by atoms with Gasteiger partial charge in [-0.05, 0) is 19.1 Å². The Kier molecular flexibility index (Phi) is 4.22. The Morgan fingerprint density at radius 1 is 1.35 bits per heavy atom. The first-order valence-electron chi connectivity index (χ1n) is 5.65. The van der Waals surface area contributed by atoms with Crippen molar-refractivity contribution < 1.29 is 9.59 Å². The second kappa shape index (κ2) is 5.60. The van der Waals surface area contributed by atoms with Crippen molar-refractivity contribution in [2.45, 2.75) is 13.3 Å². The lowest BCUT2D eigenvalue weighted by atomic mass is 10.0. The van der Waals surface area contributed by atoms with Crippen molar-refractivity contribution in [3.8, 4) is 0 Å². The van der Waals surface area contributed by atoms with E-state index in [1.54, 1.807) is 6.92 Å². The molecular formula is C12H10Cl3N3O2. The zero-order valence-corrected chi connectivity index (χ0v) is 12.6. The van der Waals surface area contributed by atoms with Crippen molar-refractivity contribution in [2.24, 2.45) is 16.8 Å². The van der Waals surface area contributed by atoms with Gasteiger partial charge in [0.1, 0.15) is 5.69 Å². The minimum absolute atomic E-state index is 0.000604. The molecule has 2 amide bonds. The third kappa shape index (κ3) is 2.75. The SMILES string of the molecule is CC(C(N)=O)C1=NN(c2c(Cl)cc(Cl)cc2Cl)C(=O)C1. The maximum Gasteiger partial charge on any atom is 0.253 e. The summed E-state index contributed by atoms with van der Waals surface area (Å²) >= 11 is 17.9. The largest absolute Gasteiger partial charge is 0.369 e. The summed E-state index contributed by atoms with van der Waals surface area (Å²) in [5.74, 6) is -1.51. The van der Waals surface area contributed by atoms with Crippen LogP contribution in [0, 0.1) is 5.92 Å². The van der Waals surface area contributed by atoms with Crippen molar-refractivity contribution in [2.75, 3.05) is 5.01 Å². The molecule has 0 aromatic heterocycles. The highest BCUT2D eigenvalue weighted by Crippen LogP contribution is 2.38. The Labute approximate surface area is 130 Å². The Morgan fingerprint density at radius 3 is 2.40 bits per heavy atom. The number of anilines is 1. The van der Waals surface area contributed by atoms with Crippen molar-refractivity contribution in [1.82, 2.24) is 0 Å². The summed E-state index contributed by atoms with van der Waals surface area (Å²) in [7, 11) is 0. The lowest BCUT2D eigenvalue weighted by molar-refractivity contribution is -0.119. The van der Waals surface area contributed by atoms with Crippen molar-refractivity contribution >= 4 is 58.0 Å². The third-order valence-electron chi connectivity index (χ3n) is 2.92. The lowest BCUT2D eigenvalue weighted by Crippen LogP contribution is -2.27. The molecule has 5 nitrogen and oxygen atoms in total. The van der Waals surface area contributed by atoms with Gasteiger partial charge < -0.3 is 5.73 Å². The molecule has 0 radical (unpaired) electrons. The summed E-state index contributed by atoms with van der Waals surface area (Å²) in [6.07, 6.45) is -0.000604. The predicted molar refractivity (Wildman–Crippen MR) is 79.4 cm³/mol. The van der Waals surface area contributed by atoms with Gasteiger partial charge in [-0.25, -0.2) is 0 Å². The van der Waals surface area contributed by atoms with E-state index in [9.17, 15) is 9.59 Å². The van der Waals surface area contributed by atoms with Crippen molar-refractivity contribution in [3.05, 3.63) is 27.2 Å². The summed E-state index contributed by atoms with van der Waals surface area (Å²) < 4.78 is 0. The summed E-state index contributed by atoms with van der Waals surface area (Å²) in [6.45, 7) is 1.59. The predicted octanol–water partition coefficient (Wildman–Crippen LogP) is 2.86. The van der Waals surface area contributed by atoms with Crippen LogP contribution in [0.3, 0.4) is 0 Å². The van der Waals surface area contributed by atoms with Gasteiger partial charge in [-0.1, -0.05) is 34.8 Å². The number of hydrogen-bond donors (Lipinski definition) is 1. The Balaban J connectivity index is 2.44. The molecular weight excluding hydrogens is 325 g/mol. The molecule has 1 aliphatic heterocycles. The average Bonchev–Trinajstić information content (AvgIpc) is 2.69. The normalized spacial score (nSPS) is 16.3. The van der Waals surface area contributed by atoms with Crippen LogP contribution in [0.2, 0.25) is 15.1 Å². The van der Waals surface area contributed by atoms with E-state index >= 15 is 0 Å². The second-order valence-corrected chi connectivity index (χ2v) is 5.57. The molecule has 0 aliphatic carbocycles. The van der Waals surface area contributed by atoms with E-state index in [-0.39, 0.29) is 28.1 Å². The number of primary amides is 1. The molecule has 0 saturated carbocycles. The van der Waals surface area contributed by atoms with Crippen LogP contribution in [0.1, 0.15) is 13.3 Å². The number of carbonyl (C=O) groups excluding carboxylic acids is 2. The Morgan fingerprint density at radius 2 is 1.90 bits per heavy atom. The first-order chi connectivity index (χ1) is 9.31. The van der Waals surface area contributed by atoms with Gasteiger partial charge in [-0.2, -0.15) is 10.1 Å². The zero-order chi connectivity index (χ0) is 15.0. The van der Waals surface area contributed by atoms with E-state index in [2.05, 4.69) is 5.10 Å². The highest BCUT2D eigenvalue weighted by atomic mass is 35.5. The minimum Gasteiger partial charge on any atom is -0.369 e. The minimum atomic E-state index is -0.631. The fourth-order valence-electron chi connectivity index (χ4n) is 1.76. The average molecular weight is 335 g/mol. The van der Waals surface area contributed by atoms with Gasteiger partial charge in [0, 0.05) is 5.02 Å². The molecule has 2 N–H and O–H groups in total. The first-order valence-corrected chi connectivity index (χ1v) is 6.79. The number of benzene rings is 1. The highest BCUT2D eigenvalue weighted by Gasteiger charge is 2.32. The lowest BCUT2D eigenvalue weighted by Gasteiger charge is -2.15. The van der Waals surface area contributed by atoms with Crippen LogP contribution >= 0.6 is 34.8 Å². The highest BCUT2D eigenvalue weighted by molar-refractivity contribution is 6.42. The number of halogens is 3. The third-order valence-corrected chi connectivity index (χ3v) is 3.71. The number of nitrogens with two attached hydrogens (primary N) is 1. The molecule has 1 unspecified atom stereocenters. The van der Waals surface area contributed by atoms with Crippen LogP contribution in [0.25, 0.3) is 0 Å². The van der Waals surface area contributed by atoms with Gasteiger partial charge in [0.05, 0.1) is 28.1 Å². The van der Waals surface area contributed by atoms with Gasteiger partial charge in [0.15, 0.2) is 0 Å². The van der Waals surface area contributed by atoms with Crippen LogP contribution in [0.5, 0.6) is 0 Å². The standard InChI is InChI=1S/C12H10Cl3N3O2/c1-5(12(16)20)9-4-10(19)18(17-9)11-7(14)2-6(13)3-8(11)15/h2-3,5H,4H2,1H3,(H2,16,20). The van der Waals surface area contributed by atoms with E-state index in [0.717, 1.165) is 5.01 Å². The fourth-order valence-corrected chi connectivity index (χ4v) is 2.74. The molecule has 2 rings (SSSR count). The van der Waals surface area contributed by atoms with Crippen LogP contribution in [-0.4, -0.2) is 17.5 Å². The molecule has 0 fully saturated rings. The topological polar surface area (TPSA) is 75.8 Å². The number of carbonyl (C=O) groups is 2. The Hall–Kier alpha value is -1.30. The van der Waals surface area contributed by atoms with E-state index in [0.29, 0.717) is 10.7 Å². The molecule has 0 saturated heterocycles. The quantitative estimate of drug-likeness (QED) is 0.922. The van der Waals surface area contributed by atoms with Gasteiger partial charge in [0.2, 0.25) is 5.91 Å². The van der Waals surface area contributed by atoms with E-state index in [1.165, 1.54) is 12.1 Å². The molecule has 106 valence electrons. The summed E-state index contributed by atoms with van der Waals surface area (Å²) in [5, 5.41) is 5.93. The number of nitrogens with zero attached hydrogens (tertiary/aromatic N) is 2. The van der Waals surface area contributed by atoms with Crippen LogP contribution in [0.15, 0.2) is 17.2 Å². The van der Waals surface area contributed by atoms with Crippen LogP contribution < -0.4 is 10.7 Å². The van der Waals surface area contributed by atoms with Gasteiger partial charge in [-0.3, -0.25) is 9.59 Å². The molecule has 0 bridgehead atoms. The fraction of sp³-hybridized carbons (Fsp3) is 0.250. The first kappa shape index (κ1) is 15.1. The second-order valence-electron chi connectivity index (χ2n) is 4.32. The summed E-state index contributed by atoms with van der Waals surface area (Å²) in [4.78, 5) is 23.2. The molecule has 1 heterocycles. The molecule has 1 atom stereocenters. The molecule has 0 spiro atoms. The molecule has 1 aromatic carbocycles. The zero-order valence-electron chi connectivity index (χ0n) is 10.4. The summed E-state index contributed by atoms with van der Waals surface area (Å²) in [6, 6.07) is 2.92. The maximum absolute atomic E-state index is 12.0. The number of rotatable bonds is 3. The smallest absolute Gasteiger partial charge is 0.253 e.